The van der Waals surface area contributed by atoms with E-state index in [1.165, 1.54) is 31.2 Å². The second kappa shape index (κ2) is 10.3. The molecule has 5 heteroatoms. The number of nitrogens with one attached hydrogen (secondary N) is 1. The van der Waals surface area contributed by atoms with E-state index in [1.54, 1.807) is 11.3 Å². The first-order valence-corrected chi connectivity index (χ1v) is 13.7. The topological polar surface area (TPSA) is 35.6 Å². The van der Waals surface area contributed by atoms with Crippen LogP contribution in [0.25, 0.3) is 30.9 Å². The number of nitrogens with zero attached hydrogens (tertiary/aromatic N) is 2. The zero-order chi connectivity index (χ0) is 24.3. The molecule has 4 aromatic carbocycles. The van der Waals surface area contributed by atoms with Crippen LogP contribution in [0.2, 0.25) is 0 Å². The van der Waals surface area contributed by atoms with Crippen molar-refractivity contribution in [2.24, 2.45) is 0 Å². The lowest BCUT2D eigenvalue weighted by atomic mass is 10.1. The second-order valence-electron chi connectivity index (χ2n) is 9.57. The summed E-state index contributed by atoms with van der Waals surface area (Å²) >= 11 is 1.75. The van der Waals surface area contributed by atoms with E-state index < -0.39 is 0 Å². The number of rotatable bonds is 7. The fourth-order valence-electron chi connectivity index (χ4n) is 5.42. The average molecular weight is 494 g/mol. The van der Waals surface area contributed by atoms with Gasteiger partial charge in [0.2, 0.25) is 0 Å². The van der Waals surface area contributed by atoms with E-state index >= 15 is 0 Å². The minimum atomic E-state index is 0.0351. The predicted octanol–water partition coefficient (Wildman–Crippen LogP) is 6.54. The van der Waals surface area contributed by atoms with Crippen LogP contribution in [-0.4, -0.2) is 50.1 Å². The predicted molar refractivity (Wildman–Crippen MR) is 153 cm³/mol. The van der Waals surface area contributed by atoms with Gasteiger partial charge in [0.05, 0.1) is 0 Å². The number of carbonyl (C=O) groups is 1. The number of thiophene rings is 1. The van der Waals surface area contributed by atoms with Gasteiger partial charge in [0.15, 0.2) is 0 Å². The lowest BCUT2D eigenvalue weighted by Crippen LogP contribution is -2.46. The molecule has 1 aliphatic rings. The number of piperazine rings is 1. The monoisotopic (exact) mass is 493 g/mol. The third kappa shape index (κ3) is 4.57. The Kier molecular flexibility index (Phi) is 6.58. The van der Waals surface area contributed by atoms with Crippen molar-refractivity contribution in [2.45, 2.75) is 12.8 Å². The summed E-state index contributed by atoms with van der Waals surface area (Å²) in [6.45, 7) is 6.09. The Morgan fingerprint density at radius 1 is 0.750 bits per heavy atom. The Hall–Kier alpha value is -3.41. The van der Waals surface area contributed by atoms with Crippen molar-refractivity contribution in [1.82, 2.24) is 10.2 Å². The van der Waals surface area contributed by atoms with Crippen molar-refractivity contribution in [3.8, 4) is 0 Å². The quantitative estimate of drug-likeness (QED) is 0.262. The largest absolute Gasteiger partial charge is 0.368 e. The smallest absolute Gasteiger partial charge is 0.251 e. The van der Waals surface area contributed by atoms with E-state index in [0.717, 1.165) is 56.5 Å². The molecule has 1 aromatic heterocycles. The minimum Gasteiger partial charge on any atom is -0.368 e. The fourth-order valence-corrected chi connectivity index (χ4v) is 6.55. The molecule has 0 bridgehead atoms. The van der Waals surface area contributed by atoms with E-state index in [0.29, 0.717) is 6.54 Å². The summed E-state index contributed by atoms with van der Waals surface area (Å²) in [4.78, 5) is 18.1. The van der Waals surface area contributed by atoms with Gasteiger partial charge < -0.3 is 10.2 Å². The highest BCUT2D eigenvalue weighted by atomic mass is 32.1. The number of unbranched alkanes of at least 4 members (excludes halogenated alkanes) is 1. The van der Waals surface area contributed by atoms with Crippen LogP contribution < -0.4 is 10.2 Å². The van der Waals surface area contributed by atoms with Crippen LogP contribution in [0.1, 0.15) is 23.2 Å². The van der Waals surface area contributed by atoms with E-state index in [2.05, 4.69) is 81.8 Å². The number of anilines is 1. The van der Waals surface area contributed by atoms with E-state index in [4.69, 9.17) is 0 Å². The van der Waals surface area contributed by atoms with Crippen molar-refractivity contribution in [1.29, 1.82) is 0 Å². The van der Waals surface area contributed by atoms with Crippen LogP contribution in [0.5, 0.6) is 0 Å². The third-order valence-corrected chi connectivity index (χ3v) is 8.45. The van der Waals surface area contributed by atoms with Crippen LogP contribution in [-0.2, 0) is 0 Å². The molecule has 0 unspecified atom stereocenters. The summed E-state index contributed by atoms with van der Waals surface area (Å²) in [5, 5.41) is 8.07. The van der Waals surface area contributed by atoms with Crippen LogP contribution in [0.4, 0.5) is 5.69 Å². The Labute approximate surface area is 216 Å². The van der Waals surface area contributed by atoms with Gasteiger partial charge in [-0.15, -0.1) is 11.3 Å². The van der Waals surface area contributed by atoms with Crippen molar-refractivity contribution in [2.75, 3.05) is 44.2 Å². The van der Waals surface area contributed by atoms with Crippen LogP contribution in [0.15, 0.2) is 84.9 Å². The highest BCUT2D eigenvalue weighted by Crippen LogP contribution is 2.35. The first-order chi connectivity index (χ1) is 17.8. The Balaban J connectivity index is 0.985. The molecule has 6 rings (SSSR count). The zero-order valence-electron chi connectivity index (χ0n) is 20.5. The standard InChI is InChI=1S/C31H31N3OS/c35-31(26-13-8-16-29-30(26)25-12-3-4-15-28(25)36-29)32-17-5-6-18-33-19-21-34(22-20-33)27-14-7-10-23-9-1-2-11-24(23)27/h1-4,7-16H,5-6,17-22H2,(H,32,35). The van der Waals surface area contributed by atoms with Gasteiger partial charge in [0.1, 0.15) is 0 Å². The highest BCUT2D eigenvalue weighted by Gasteiger charge is 2.18. The summed E-state index contributed by atoms with van der Waals surface area (Å²) in [7, 11) is 0. The Morgan fingerprint density at radius 2 is 1.47 bits per heavy atom. The fraction of sp³-hybridized carbons (Fsp3) is 0.258. The van der Waals surface area contributed by atoms with Gasteiger partial charge in [0.25, 0.3) is 5.91 Å². The first kappa shape index (κ1) is 23.0. The summed E-state index contributed by atoms with van der Waals surface area (Å²) in [5.41, 5.74) is 2.14. The maximum Gasteiger partial charge on any atom is 0.251 e. The van der Waals surface area contributed by atoms with Crippen LogP contribution in [0, 0.1) is 0 Å². The molecule has 182 valence electrons. The van der Waals surface area contributed by atoms with Gasteiger partial charge in [0, 0.05) is 69.5 Å². The minimum absolute atomic E-state index is 0.0351. The molecule has 1 fully saturated rings. The molecular formula is C31H31N3OS. The van der Waals surface area contributed by atoms with E-state index in [9.17, 15) is 4.79 Å². The lowest BCUT2D eigenvalue weighted by Gasteiger charge is -2.36. The molecule has 36 heavy (non-hydrogen) atoms. The highest BCUT2D eigenvalue weighted by molar-refractivity contribution is 7.25. The molecule has 0 atom stereocenters. The van der Waals surface area contributed by atoms with Crippen molar-refractivity contribution in [3.63, 3.8) is 0 Å². The lowest BCUT2D eigenvalue weighted by molar-refractivity contribution is 0.0954. The maximum atomic E-state index is 13.0. The number of benzene rings is 4. The SMILES string of the molecule is O=C(NCCCCN1CCN(c2cccc3ccccc23)CC1)c1cccc2sc3ccccc3c12. The summed E-state index contributed by atoms with van der Waals surface area (Å²) < 4.78 is 2.40. The normalized spacial score (nSPS) is 14.6. The van der Waals surface area contributed by atoms with Crippen molar-refractivity contribution < 1.29 is 4.79 Å². The van der Waals surface area contributed by atoms with Gasteiger partial charge in [-0.05, 0) is 49.0 Å². The first-order valence-electron chi connectivity index (χ1n) is 12.9. The number of fused-ring (bicyclic) bond motifs is 4. The average Bonchev–Trinajstić information content (AvgIpc) is 3.32. The molecule has 2 heterocycles. The van der Waals surface area contributed by atoms with E-state index in [1.807, 2.05) is 18.2 Å². The number of hydrogen-bond acceptors (Lipinski definition) is 4. The molecule has 4 nitrogen and oxygen atoms in total. The van der Waals surface area contributed by atoms with Crippen LogP contribution >= 0.6 is 11.3 Å². The van der Waals surface area contributed by atoms with Gasteiger partial charge in [-0.2, -0.15) is 0 Å². The zero-order valence-corrected chi connectivity index (χ0v) is 21.3. The number of amides is 1. The van der Waals surface area contributed by atoms with Crippen molar-refractivity contribution >= 4 is 53.9 Å². The molecular weight excluding hydrogens is 462 g/mol. The van der Waals surface area contributed by atoms with E-state index in [-0.39, 0.29) is 5.91 Å². The number of carbonyl (C=O) groups excluding carboxylic acids is 1. The molecule has 5 aromatic rings. The molecule has 1 N–H and O–H groups in total. The molecule has 0 spiro atoms. The van der Waals surface area contributed by atoms with Gasteiger partial charge in [-0.1, -0.05) is 60.7 Å². The summed E-state index contributed by atoms with van der Waals surface area (Å²) in [6.07, 6.45) is 2.09. The molecule has 0 radical (unpaired) electrons. The molecule has 1 amide bonds. The molecule has 1 aliphatic heterocycles. The Morgan fingerprint density at radius 3 is 2.36 bits per heavy atom. The van der Waals surface area contributed by atoms with Crippen molar-refractivity contribution in [3.05, 3.63) is 90.5 Å². The molecule has 1 saturated heterocycles. The summed E-state index contributed by atoms with van der Waals surface area (Å²) in [5.74, 6) is 0.0351. The third-order valence-electron chi connectivity index (χ3n) is 7.31. The molecule has 0 saturated carbocycles. The van der Waals surface area contributed by atoms with Gasteiger partial charge in [-0.25, -0.2) is 0 Å². The van der Waals surface area contributed by atoms with Crippen LogP contribution in [0.3, 0.4) is 0 Å². The van der Waals surface area contributed by atoms with Gasteiger partial charge in [-0.3, -0.25) is 9.69 Å². The maximum absolute atomic E-state index is 13.0. The second-order valence-corrected chi connectivity index (χ2v) is 10.7. The summed E-state index contributed by atoms with van der Waals surface area (Å²) in [6, 6.07) is 29.7. The Bertz CT molecular complexity index is 1510. The van der Waals surface area contributed by atoms with Gasteiger partial charge >= 0.3 is 0 Å². The number of hydrogen-bond donors (Lipinski definition) is 1. The molecule has 0 aliphatic carbocycles.